The zero-order valence-electron chi connectivity index (χ0n) is 14.2. The van der Waals surface area contributed by atoms with Gasteiger partial charge in [0.2, 0.25) is 10.0 Å². The molecule has 136 valence electrons. The molecule has 0 amide bonds. The average Bonchev–Trinajstić information content (AvgIpc) is 2.61. The smallest absolute Gasteiger partial charge is 0.244 e. The molecule has 1 aromatic carbocycles. The third kappa shape index (κ3) is 5.60. The molecule has 0 aliphatic heterocycles. The van der Waals surface area contributed by atoms with E-state index in [9.17, 15) is 8.42 Å². The molecule has 1 heterocycles. The Morgan fingerprint density at radius 3 is 2.36 bits per heavy atom. The molecule has 0 N–H and O–H groups in total. The minimum absolute atomic E-state index is 0.220. The number of aromatic nitrogens is 1. The number of sulfonamides is 1. The predicted octanol–water partition coefficient (Wildman–Crippen LogP) is 3.94. The van der Waals surface area contributed by atoms with Crippen LogP contribution in [0.5, 0.6) is 5.75 Å². The lowest BCUT2D eigenvalue weighted by molar-refractivity contribution is 0.344. The van der Waals surface area contributed by atoms with Crippen LogP contribution in [0.3, 0.4) is 0 Å². The lowest BCUT2D eigenvalue weighted by Gasteiger charge is -2.18. The molecule has 0 radical (unpaired) electrons. The van der Waals surface area contributed by atoms with Crippen molar-refractivity contribution in [1.82, 2.24) is 9.29 Å². The SMILES string of the molecule is CCN(CC)S(=O)(=O)c1ccc(SCCOc2ccc(Cl)cc2)nc1. The fourth-order valence-electron chi connectivity index (χ4n) is 2.15. The van der Waals surface area contributed by atoms with E-state index in [1.807, 2.05) is 26.0 Å². The van der Waals surface area contributed by atoms with Gasteiger partial charge in [-0.1, -0.05) is 25.4 Å². The second-order valence-corrected chi connectivity index (χ2v) is 8.56. The molecule has 8 heteroatoms. The van der Waals surface area contributed by atoms with E-state index in [1.54, 1.807) is 24.3 Å². The molecule has 0 spiro atoms. The quantitative estimate of drug-likeness (QED) is 0.471. The fraction of sp³-hybridized carbons (Fsp3) is 0.353. The zero-order chi connectivity index (χ0) is 18.3. The highest BCUT2D eigenvalue weighted by molar-refractivity contribution is 7.99. The average molecular weight is 401 g/mol. The largest absolute Gasteiger partial charge is 0.493 e. The maximum absolute atomic E-state index is 12.4. The third-order valence-corrected chi connectivity index (χ3v) is 6.66. The molecule has 0 bridgehead atoms. The number of ether oxygens (including phenoxy) is 1. The first-order valence-corrected chi connectivity index (χ1v) is 10.7. The lowest BCUT2D eigenvalue weighted by atomic mass is 10.3. The minimum Gasteiger partial charge on any atom is -0.493 e. The van der Waals surface area contributed by atoms with Crippen LogP contribution in [0.25, 0.3) is 0 Å². The number of hydrogen-bond acceptors (Lipinski definition) is 5. The van der Waals surface area contributed by atoms with Gasteiger partial charge in [0.15, 0.2) is 0 Å². The summed E-state index contributed by atoms with van der Waals surface area (Å²) < 4.78 is 31.8. The molecule has 25 heavy (non-hydrogen) atoms. The van der Waals surface area contributed by atoms with Gasteiger partial charge in [-0.25, -0.2) is 13.4 Å². The fourth-order valence-corrected chi connectivity index (χ4v) is 4.35. The Hall–Kier alpha value is -1.28. The van der Waals surface area contributed by atoms with Crippen LogP contribution in [0.4, 0.5) is 0 Å². The Balaban J connectivity index is 1.87. The van der Waals surface area contributed by atoms with E-state index < -0.39 is 10.0 Å². The molecule has 0 unspecified atom stereocenters. The first kappa shape index (κ1) is 20.0. The Morgan fingerprint density at radius 2 is 1.80 bits per heavy atom. The van der Waals surface area contributed by atoms with Crippen LogP contribution >= 0.6 is 23.4 Å². The Bertz CT molecular complexity index is 761. The van der Waals surface area contributed by atoms with Gasteiger partial charge in [0, 0.05) is 30.1 Å². The normalized spacial score (nSPS) is 11.7. The Morgan fingerprint density at radius 1 is 1.12 bits per heavy atom. The van der Waals surface area contributed by atoms with Gasteiger partial charge in [0.25, 0.3) is 0 Å². The van der Waals surface area contributed by atoms with Crippen LogP contribution in [-0.2, 0) is 10.0 Å². The predicted molar refractivity (Wildman–Crippen MR) is 102 cm³/mol. The third-order valence-electron chi connectivity index (χ3n) is 3.47. The van der Waals surface area contributed by atoms with Crippen molar-refractivity contribution in [1.29, 1.82) is 0 Å². The van der Waals surface area contributed by atoms with Crippen LogP contribution in [0.2, 0.25) is 5.02 Å². The minimum atomic E-state index is -3.46. The summed E-state index contributed by atoms with van der Waals surface area (Å²) in [6, 6.07) is 10.5. The van der Waals surface area contributed by atoms with Gasteiger partial charge < -0.3 is 4.74 Å². The first-order valence-electron chi connectivity index (χ1n) is 7.94. The summed E-state index contributed by atoms with van der Waals surface area (Å²) in [7, 11) is -3.46. The summed E-state index contributed by atoms with van der Waals surface area (Å²) in [5.74, 6) is 1.47. The second-order valence-electron chi connectivity index (χ2n) is 5.07. The van der Waals surface area contributed by atoms with Gasteiger partial charge in [-0.3, -0.25) is 0 Å². The molecule has 0 saturated heterocycles. The standard InChI is InChI=1S/C17H21ClN2O3S2/c1-3-20(4-2)25(21,22)16-9-10-17(19-13-16)24-12-11-23-15-7-5-14(18)6-8-15/h5-10,13H,3-4,11-12H2,1-2H3. The van der Waals surface area contributed by atoms with E-state index in [4.69, 9.17) is 16.3 Å². The van der Waals surface area contributed by atoms with Crippen molar-refractivity contribution in [2.75, 3.05) is 25.4 Å². The highest BCUT2D eigenvalue weighted by Crippen LogP contribution is 2.20. The maximum atomic E-state index is 12.4. The van der Waals surface area contributed by atoms with E-state index in [0.717, 1.165) is 10.8 Å². The Kier molecular flexibility index (Phi) is 7.56. The number of pyridine rings is 1. The summed E-state index contributed by atoms with van der Waals surface area (Å²) in [6.45, 7) is 5.04. The number of hydrogen-bond donors (Lipinski definition) is 0. The first-order chi connectivity index (χ1) is 12.0. The van der Waals surface area contributed by atoms with Crippen molar-refractivity contribution in [2.24, 2.45) is 0 Å². The molecule has 5 nitrogen and oxygen atoms in total. The highest BCUT2D eigenvalue weighted by atomic mass is 35.5. The van der Waals surface area contributed by atoms with E-state index in [0.29, 0.717) is 30.5 Å². The van der Waals surface area contributed by atoms with Gasteiger partial charge in [-0.05, 0) is 36.4 Å². The topological polar surface area (TPSA) is 59.5 Å². The van der Waals surface area contributed by atoms with Crippen LogP contribution in [0, 0.1) is 0 Å². The highest BCUT2D eigenvalue weighted by Gasteiger charge is 2.21. The monoisotopic (exact) mass is 400 g/mol. The van der Waals surface area contributed by atoms with Crippen LogP contribution in [0.1, 0.15) is 13.8 Å². The molecule has 0 atom stereocenters. The number of thioether (sulfide) groups is 1. The van der Waals surface area contributed by atoms with Gasteiger partial charge >= 0.3 is 0 Å². The molecule has 0 saturated carbocycles. The van der Waals surface area contributed by atoms with E-state index in [-0.39, 0.29) is 4.90 Å². The molecule has 2 aromatic rings. The van der Waals surface area contributed by atoms with Crippen molar-refractivity contribution in [3.05, 3.63) is 47.6 Å². The molecule has 0 fully saturated rings. The second kappa shape index (κ2) is 9.43. The summed E-state index contributed by atoms with van der Waals surface area (Å²) >= 11 is 7.33. The number of halogens is 1. The Labute approximate surface area is 158 Å². The van der Waals surface area contributed by atoms with Crippen LogP contribution in [-0.4, -0.2) is 43.2 Å². The maximum Gasteiger partial charge on any atom is 0.244 e. The molecule has 0 aliphatic carbocycles. The summed E-state index contributed by atoms with van der Waals surface area (Å²) in [6.07, 6.45) is 1.41. The van der Waals surface area contributed by atoms with Crippen molar-refractivity contribution in [2.45, 2.75) is 23.8 Å². The van der Waals surface area contributed by atoms with Gasteiger partial charge in [0.1, 0.15) is 10.6 Å². The molecule has 0 aliphatic rings. The molecule has 1 aromatic heterocycles. The lowest BCUT2D eigenvalue weighted by Crippen LogP contribution is -2.30. The van der Waals surface area contributed by atoms with Crippen molar-refractivity contribution >= 4 is 33.4 Å². The van der Waals surface area contributed by atoms with E-state index in [1.165, 1.54) is 22.3 Å². The van der Waals surface area contributed by atoms with Gasteiger partial charge in [-0.15, -0.1) is 11.8 Å². The van der Waals surface area contributed by atoms with Crippen LogP contribution < -0.4 is 4.74 Å². The van der Waals surface area contributed by atoms with Gasteiger partial charge in [-0.2, -0.15) is 4.31 Å². The number of nitrogens with zero attached hydrogens (tertiary/aromatic N) is 2. The number of benzene rings is 1. The van der Waals surface area contributed by atoms with Crippen molar-refractivity contribution in [3.63, 3.8) is 0 Å². The van der Waals surface area contributed by atoms with E-state index in [2.05, 4.69) is 4.98 Å². The van der Waals surface area contributed by atoms with E-state index >= 15 is 0 Å². The summed E-state index contributed by atoms with van der Waals surface area (Å²) in [4.78, 5) is 4.46. The molecular formula is C17H21ClN2O3S2. The number of rotatable bonds is 9. The van der Waals surface area contributed by atoms with Crippen LogP contribution in [0.15, 0.2) is 52.5 Å². The van der Waals surface area contributed by atoms with Crippen molar-refractivity contribution < 1.29 is 13.2 Å². The zero-order valence-corrected chi connectivity index (χ0v) is 16.6. The van der Waals surface area contributed by atoms with Crippen molar-refractivity contribution in [3.8, 4) is 5.75 Å². The van der Waals surface area contributed by atoms with Gasteiger partial charge in [0.05, 0.1) is 11.6 Å². The summed E-state index contributed by atoms with van der Waals surface area (Å²) in [5, 5.41) is 1.43. The summed E-state index contributed by atoms with van der Waals surface area (Å²) in [5.41, 5.74) is 0. The molecule has 2 rings (SSSR count). The molecular weight excluding hydrogens is 380 g/mol.